The highest BCUT2D eigenvalue weighted by Crippen LogP contribution is 2.27. The van der Waals surface area contributed by atoms with Gasteiger partial charge in [0.2, 0.25) is 0 Å². The number of fused-ring (bicyclic) bond motifs is 1. The fourth-order valence-electron chi connectivity index (χ4n) is 2.73. The summed E-state index contributed by atoms with van der Waals surface area (Å²) in [5.74, 6) is 1.67. The van der Waals surface area contributed by atoms with Crippen LogP contribution >= 0.6 is 11.8 Å². The number of pyridine rings is 1. The third-order valence-electron chi connectivity index (χ3n) is 4.03. The van der Waals surface area contributed by atoms with E-state index in [4.69, 9.17) is 9.47 Å². The fraction of sp³-hybridized carbons (Fsp3) is 0.412. The third-order valence-corrected chi connectivity index (χ3v) is 4.92. The summed E-state index contributed by atoms with van der Waals surface area (Å²) in [6.07, 6.45) is 7.06. The zero-order valence-corrected chi connectivity index (χ0v) is 15.2. The van der Waals surface area contributed by atoms with Crippen molar-refractivity contribution in [3.8, 4) is 5.75 Å². The minimum absolute atomic E-state index is 0. The molecular weight excluding hydrogens is 326 g/mol. The van der Waals surface area contributed by atoms with Crippen molar-refractivity contribution in [2.24, 2.45) is 0 Å². The lowest BCUT2D eigenvalue weighted by atomic mass is 10.1. The molecule has 0 fully saturated rings. The molecule has 0 saturated carbocycles. The van der Waals surface area contributed by atoms with Crippen molar-refractivity contribution in [2.45, 2.75) is 37.3 Å². The van der Waals surface area contributed by atoms with Crippen molar-refractivity contribution < 1.29 is 16.4 Å². The Kier molecular flexibility index (Phi) is 6.04. The quantitative estimate of drug-likeness (QED) is 0.815. The highest BCUT2D eigenvalue weighted by atomic mass is 32.2. The first-order valence-electron chi connectivity index (χ1n) is 7.55. The molecule has 0 bridgehead atoms. The Hall–Kier alpha value is -1.83. The number of nitrogens with zero attached hydrogens (tertiary/aromatic N) is 2. The number of nitrogens with one attached hydrogen (secondary N) is 1. The zero-order valence-electron chi connectivity index (χ0n) is 14.3. The van der Waals surface area contributed by atoms with E-state index in [0.717, 1.165) is 50.6 Å². The van der Waals surface area contributed by atoms with E-state index in [1.165, 1.54) is 0 Å². The molecule has 1 aliphatic carbocycles. The lowest BCUT2D eigenvalue weighted by molar-refractivity contribution is 0.157. The van der Waals surface area contributed by atoms with Crippen LogP contribution in [0, 0.1) is 13.8 Å². The maximum absolute atomic E-state index is 5.46. The van der Waals surface area contributed by atoms with E-state index in [-0.39, 0.29) is 13.0 Å². The molecule has 0 spiro atoms. The van der Waals surface area contributed by atoms with Gasteiger partial charge in [0.1, 0.15) is 5.75 Å². The van der Waals surface area contributed by atoms with E-state index in [2.05, 4.69) is 27.1 Å². The van der Waals surface area contributed by atoms with Crippen LogP contribution < -0.4 is 15.4 Å². The van der Waals surface area contributed by atoms with Crippen LogP contribution in [0.25, 0.3) is 12.2 Å². The number of H-pyrrole nitrogens is 1. The molecule has 1 aliphatic rings. The van der Waals surface area contributed by atoms with E-state index in [1.807, 2.05) is 20.0 Å². The van der Waals surface area contributed by atoms with Crippen molar-refractivity contribution in [1.82, 2.24) is 15.0 Å². The Balaban J connectivity index is 0.00000156. The molecule has 1 atom stereocenters. The molecule has 3 rings (SSSR count). The molecular formula is C17H25N3O3S. The Morgan fingerprint density at radius 3 is 2.88 bits per heavy atom. The number of aromatic nitrogens is 3. The van der Waals surface area contributed by atoms with E-state index in [0.29, 0.717) is 0 Å². The number of thioether (sulfide) groups is 1. The van der Waals surface area contributed by atoms with Crippen LogP contribution in [-0.4, -0.2) is 40.8 Å². The van der Waals surface area contributed by atoms with Crippen LogP contribution in [0.3, 0.4) is 0 Å². The molecule has 0 saturated heterocycles. The molecule has 2 aromatic rings. The van der Waals surface area contributed by atoms with Gasteiger partial charge < -0.3 is 19.9 Å². The van der Waals surface area contributed by atoms with Gasteiger partial charge in [-0.2, -0.15) is 0 Å². The van der Waals surface area contributed by atoms with E-state index in [1.54, 1.807) is 26.0 Å². The third kappa shape index (κ3) is 3.63. The van der Waals surface area contributed by atoms with Crippen molar-refractivity contribution in [3.63, 3.8) is 0 Å². The van der Waals surface area contributed by atoms with Crippen LogP contribution in [0.2, 0.25) is 0 Å². The second kappa shape index (κ2) is 7.83. The first-order valence-corrected chi connectivity index (χ1v) is 8.53. The van der Waals surface area contributed by atoms with Crippen LogP contribution in [0.15, 0.2) is 11.4 Å². The molecule has 6 nitrogen and oxygen atoms in total. The summed E-state index contributed by atoms with van der Waals surface area (Å²) in [6.45, 7) is 4.06. The number of rotatable bonds is 5. The second-order valence-corrected chi connectivity index (χ2v) is 6.52. The van der Waals surface area contributed by atoms with Gasteiger partial charge in [-0.05, 0) is 26.3 Å². The predicted octanol–water partition coefficient (Wildman–Crippen LogP) is 1.12. The lowest BCUT2D eigenvalue weighted by Crippen LogP contribution is -2.31. The number of ether oxygens (including phenoxy) is 2. The molecule has 2 heterocycles. The van der Waals surface area contributed by atoms with Crippen molar-refractivity contribution in [3.05, 3.63) is 33.7 Å². The number of aryl methyl sites for hydroxylation is 1. The molecule has 24 heavy (non-hydrogen) atoms. The van der Waals surface area contributed by atoms with Gasteiger partial charge in [0.05, 0.1) is 29.6 Å². The van der Waals surface area contributed by atoms with Gasteiger partial charge in [-0.3, -0.25) is 4.98 Å². The van der Waals surface area contributed by atoms with Gasteiger partial charge in [0.15, 0.2) is 5.16 Å². The summed E-state index contributed by atoms with van der Waals surface area (Å²) in [4.78, 5) is 12.5. The van der Waals surface area contributed by atoms with Crippen molar-refractivity contribution in [2.75, 3.05) is 14.2 Å². The largest absolute Gasteiger partial charge is 0.496 e. The number of aromatic amines is 1. The Bertz CT molecular complexity index is 838. The molecule has 0 radical (unpaired) electrons. The summed E-state index contributed by atoms with van der Waals surface area (Å²) in [5.41, 5.74) is 3.17. The molecule has 3 N–H and O–H groups in total. The highest BCUT2D eigenvalue weighted by molar-refractivity contribution is 7.98. The Morgan fingerprint density at radius 1 is 1.38 bits per heavy atom. The molecule has 0 amide bonds. The minimum atomic E-state index is 0. The van der Waals surface area contributed by atoms with Crippen LogP contribution in [0.4, 0.5) is 0 Å². The van der Waals surface area contributed by atoms with Gasteiger partial charge in [-0.15, -0.1) is 0 Å². The summed E-state index contributed by atoms with van der Waals surface area (Å²) in [7, 11) is 3.43. The highest BCUT2D eigenvalue weighted by Gasteiger charge is 2.12. The fourth-order valence-corrected chi connectivity index (χ4v) is 3.64. The molecule has 1 unspecified atom stereocenters. The summed E-state index contributed by atoms with van der Waals surface area (Å²) in [6, 6.07) is 0. The normalized spacial score (nSPS) is 15.8. The maximum Gasteiger partial charge on any atom is 0.166 e. The van der Waals surface area contributed by atoms with Crippen LogP contribution in [0.5, 0.6) is 5.75 Å². The average Bonchev–Trinajstić information content (AvgIpc) is 2.96. The molecule has 7 heteroatoms. The molecule has 0 aliphatic heterocycles. The van der Waals surface area contributed by atoms with Gasteiger partial charge in [0.25, 0.3) is 0 Å². The van der Waals surface area contributed by atoms with E-state index >= 15 is 0 Å². The maximum atomic E-state index is 5.46. The smallest absolute Gasteiger partial charge is 0.166 e. The number of hydrogen-bond donors (Lipinski definition) is 1. The lowest BCUT2D eigenvalue weighted by Gasteiger charge is -2.11. The monoisotopic (exact) mass is 351 g/mol. The average molecular weight is 351 g/mol. The second-order valence-electron chi connectivity index (χ2n) is 5.56. The topological polar surface area (TPSA) is 91.5 Å². The summed E-state index contributed by atoms with van der Waals surface area (Å²) in [5, 5.41) is 2.95. The van der Waals surface area contributed by atoms with Gasteiger partial charge in [-0.1, -0.05) is 17.8 Å². The SMILES string of the molecule is COc1c(C)cnc(CSc2nc3c([nH]2)=CC(OC)CC=3)c1C.O.[HH]. The van der Waals surface area contributed by atoms with Gasteiger partial charge in [0, 0.05) is 31.6 Å². The van der Waals surface area contributed by atoms with Crippen LogP contribution in [0.1, 0.15) is 24.7 Å². The predicted molar refractivity (Wildman–Crippen MR) is 97.7 cm³/mol. The first-order chi connectivity index (χ1) is 11.1. The number of hydrogen-bond acceptors (Lipinski definition) is 5. The van der Waals surface area contributed by atoms with Gasteiger partial charge in [-0.25, -0.2) is 4.98 Å². The van der Waals surface area contributed by atoms with E-state index < -0.39 is 0 Å². The van der Waals surface area contributed by atoms with Gasteiger partial charge >= 0.3 is 0 Å². The first kappa shape index (κ1) is 18.5. The summed E-state index contributed by atoms with van der Waals surface area (Å²) >= 11 is 1.65. The molecule has 132 valence electrons. The Morgan fingerprint density at radius 2 is 2.17 bits per heavy atom. The van der Waals surface area contributed by atoms with Crippen molar-refractivity contribution >= 4 is 23.9 Å². The Labute approximate surface area is 146 Å². The number of methoxy groups -OCH3 is 2. The minimum Gasteiger partial charge on any atom is -0.496 e. The van der Waals surface area contributed by atoms with Crippen LogP contribution in [-0.2, 0) is 10.5 Å². The zero-order chi connectivity index (χ0) is 16.4. The number of imidazole rings is 1. The summed E-state index contributed by atoms with van der Waals surface area (Å²) < 4.78 is 10.8. The molecule has 0 aromatic carbocycles. The molecule has 2 aromatic heterocycles. The van der Waals surface area contributed by atoms with Crippen molar-refractivity contribution in [1.29, 1.82) is 0 Å². The van der Waals surface area contributed by atoms with E-state index in [9.17, 15) is 0 Å². The standard InChI is InChI=1S/C17H21N3O2S.H2O.H2/c1-10-8-18-15(11(2)16(10)22-4)9-23-17-19-13-6-5-12(21-3)7-14(13)20-17;;/h6-8,12H,5,9H2,1-4H3,(H,19,20);1H2;1H.